The van der Waals surface area contributed by atoms with Crippen molar-refractivity contribution in [2.75, 3.05) is 0 Å². The van der Waals surface area contributed by atoms with Crippen LogP contribution in [0.5, 0.6) is 0 Å². The average Bonchev–Trinajstić information content (AvgIpc) is 2.45. The molecule has 0 unspecified atom stereocenters. The third-order valence-electron chi connectivity index (χ3n) is 3.53. The minimum atomic E-state index is -1.75. The third-order valence-corrected chi connectivity index (χ3v) is 3.53. The largest absolute Gasteiger partial charge is 2.00 e. The molecule has 0 aromatic carbocycles. The van der Waals surface area contributed by atoms with Crippen LogP contribution in [-0.2, 0) is 17.1 Å². The van der Waals surface area contributed by atoms with Gasteiger partial charge in [-0.1, -0.05) is 51.4 Å². The van der Waals surface area contributed by atoms with Gasteiger partial charge in [0.15, 0.2) is 0 Å². The summed E-state index contributed by atoms with van der Waals surface area (Å²) in [6.45, 7) is 0. The van der Waals surface area contributed by atoms with Gasteiger partial charge in [0.1, 0.15) is 0 Å². The first-order valence-electron chi connectivity index (χ1n) is 7.55. The topological polar surface area (TPSA) is 228 Å². The number of hydrogen-bond acceptors (Lipinski definition) is 6. The van der Waals surface area contributed by atoms with Crippen LogP contribution in [0.15, 0.2) is 0 Å². The molecule has 4 atom stereocenters. The van der Waals surface area contributed by atoms with Crippen molar-refractivity contribution in [3.63, 3.8) is 0 Å². The predicted octanol–water partition coefficient (Wildman–Crippen LogP) is 4.32. The zero-order valence-corrected chi connectivity index (χ0v) is 14.6. The van der Waals surface area contributed by atoms with Crippen molar-refractivity contribution < 1.29 is 27.2 Å². The van der Waals surface area contributed by atoms with E-state index in [1.807, 2.05) is 0 Å². The molecule has 0 aromatic heterocycles. The van der Waals surface area contributed by atoms with E-state index >= 15 is 0 Å². The Balaban J connectivity index is -0.000000270. The maximum Gasteiger partial charge on any atom is 2.00 e. The van der Waals surface area contributed by atoms with Gasteiger partial charge in [0.25, 0.3) is 0 Å². The molecule has 2 aliphatic carbocycles. The molecule has 0 heterocycles. The van der Waals surface area contributed by atoms with Crippen LogP contribution in [0.2, 0.25) is 0 Å². The molecule has 25 heavy (non-hydrogen) atoms. The molecular formula is C12H24CuN6O6-4. The Morgan fingerprint density at radius 3 is 0.760 bits per heavy atom. The first kappa shape index (κ1) is 28.6. The van der Waals surface area contributed by atoms with Gasteiger partial charge in [-0.2, -0.15) is 24.2 Å². The Kier molecular flexibility index (Phi) is 20.1. The predicted molar refractivity (Wildman–Crippen MR) is 90.1 cm³/mol. The fourth-order valence-corrected chi connectivity index (χ4v) is 2.26. The molecule has 1 radical (unpaired) electrons. The molecular weight excluding hydrogens is 388 g/mol. The van der Waals surface area contributed by atoms with Crippen molar-refractivity contribution >= 4 is 0 Å². The second-order valence-corrected chi connectivity index (χ2v) is 5.44. The van der Waals surface area contributed by atoms with Gasteiger partial charge in [-0.05, 0) is 0 Å². The summed E-state index contributed by atoms with van der Waals surface area (Å²) >= 11 is 0. The zero-order chi connectivity index (χ0) is 19.1. The number of nitrogens with zero attached hydrogens (tertiary/aromatic N) is 2. The fraction of sp³-hybridized carbons (Fsp3) is 1.00. The van der Waals surface area contributed by atoms with E-state index in [2.05, 4.69) is 0 Å². The van der Waals surface area contributed by atoms with Gasteiger partial charge in [-0.25, -0.2) is 0 Å². The normalized spacial score (nSPS) is 27.4. The molecule has 0 aromatic rings. The van der Waals surface area contributed by atoms with Crippen molar-refractivity contribution in [1.29, 1.82) is 0 Å². The van der Waals surface area contributed by atoms with Crippen LogP contribution in [0.4, 0.5) is 0 Å². The number of rotatable bonds is 0. The summed E-state index contributed by atoms with van der Waals surface area (Å²) in [6.07, 6.45) is 8.49. The smallest absolute Gasteiger partial charge is 0.676 e. The molecule has 12 nitrogen and oxygen atoms in total. The summed E-state index contributed by atoms with van der Waals surface area (Å²) < 4.78 is 0. The van der Waals surface area contributed by atoms with Crippen molar-refractivity contribution in [3.8, 4) is 0 Å². The Hall–Kier alpha value is -1.24. The summed E-state index contributed by atoms with van der Waals surface area (Å²) in [5.74, 6) is 0. The van der Waals surface area contributed by atoms with Crippen LogP contribution in [0.25, 0.3) is 22.9 Å². The average molecular weight is 412 g/mol. The summed E-state index contributed by atoms with van der Waals surface area (Å²) in [4.78, 5) is 16.5. The Morgan fingerprint density at radius 2 is 0.680 bits per heavy atom. The molecule has 2 fully saturated rings. The van der Waals surface area contributed by atoms with E-state index in [-0.39, 0.29) is 41.2 Å². The Morgan fingerprint density at radius 1 is 0.560 bits per heavy atom. The summed E-state index contributed by atoms with van der Waals surface area (Å²) in [5, 5.41) is 29.5. The van der Waals surface area contributed by atoms with Crippen LogP contribution >= 0.6 is 0 Å². The molecule has 0 spiro atoms. The fourth-order valence-electron chi connectivity index (χ4n) is 2.26. The SMILES string of the molecule is O=[N+]([O-])[O-].O=[N+]([O-])[O-].[Cu+2].[NH-][C@@H]1CCCC[C@H]1[NH-].[NH-][C@@H]1CCCC[C@H]1[NH-]. The number of hydrogen-bond donors (Lipinski definition) is 0. The van der Waals surface area contributed by atoms with Crippen molar-refractivity contribution in [2.45, 2.75) is 75.5 Å². The molecule has 2 rings (SSSR count). The van der Waals surface area contributed by atoms with Crippen LogP contribution in [0, 0.1) is 30.6 Å². The van der Waals surface area contributed by atoms with Crippen LogP contribution in [-0.4, -0.2) is 34.3 Å². The maximum absolute atomic E-state index is 8.25. The van der Waals surface area contributed by atoms with E-state index < -0.39 is 10.2 Å². The van der Waals surface area contributed by atoms with Crippen LogP contribution < -0.4 is 0 Å². The molecule has 4 N–H and O–H groups in total. The van der Waals surface area contributed by atoms with Crippen molar-refractivity contribution in [2.24, 2.45) is 0 Å². The maximum atomic E-state index is 8.25. The van der Waals surface area contributed by atoms with E-state index in [4.69, 9.17) is 53.6 Å². The summed E-state index contributed by atoms with van der Waals surface area (Å²) in [7, 11) is 0. The molecule has 153 valence electrons. The van der Waals surface area contributed by atoms with Gasteiger partial charge >= 0.3 is 17.1 Å². The van der Waals surface area contributed by atoms with Gasteiger partial charge < -0.3 is 53.6 Å². The molecule has 2 aliphatic rings. The monoisotopic (exact) mass is 411 g/mol. The summed E-state index contributed by atoms with van der Waals surface area (Å²) in [6, 6.07) is -0.319. The molecule has 0 amide bonds. The molecule has 0 saturated heterocycles. The second-order valence-electron chi connectivity index (χ2n) is 5.44. The van der Waals surface area contributed by atoms with Crippen LogP contribution in [0.3, 0.4) is 0 Å². The van der Waals surface area contributed by atoms with E-state index in [0.717, 1.165) is 25.7 Å². The third kappa shape index (κ3) is 22.8. The minimum Gasteiger partial charge on any atom is -0.676 e. The Labute approximate surface area is 157 Å². The molecule has 0 bridgehead atoms. The van der Waals surface area contributed by atoms with Crippen molar-refractivity contribution in [1.82, 2.24) is 0 Å². The van der Waals surface area contributed by atoms with E-state index in [1.54, 1.807) is 0 Å². The van der Waals surface area contributed by atoms with E-state index in [0.29, 0.717) is 0 Å². The van der Waals surface area contributed by atoms with Gasteiger partial charge in [-0.3, -0.25) is 0 Å². The minimum absolute atomic E-state index is 0. The van der Waals surface area contributed by atoms with Crippen LogP contribution in [0.1, 0.15) is 51.4 Å². The number of nitrogens with one attached hydrogen (secondary N) is 4. The van der Waals surface area contributed by atoms with Gasteiger partial charge in [0, 0.05) is 0 Å². The van der Waals surface area contributed by atoms with E-state index in [1.165, 1.54) is 25.7 Å². The molecule has 13 heteroatoms. The standard InChI is InChI=1S/2C6H12N2.Cu.2NO3/c2*7-5-3-1-2-4-6(5)8;;2*2-1(3)4/h2*5-8H,1-4H2;;;/q2*-2;+2;2*-1/t2*5-,6-;;;/m11.../s1. The Bertz CT molecular complexity index is 294. The van der Waals surface area contributed by atoms with Gasteiger partial charge in [0.05, 0.1) is 10.2 Å². The first-order chi connectivity index (χ1) is 11.1. The van der Waals surface area contributed by atoms with E-state index in [9.17, 15) is 0 Å². The molecule has 2 saturated carbocycles. The second kappa shape index (κ2) is 17.6. The quantitative estimate of drug-likeness (QED) is 0.319. The van der Waals surface area contributed by atoms with Crippen molar-refractivity contribution in [3.05, 3.63) is 53.6 Å². The van der Waals surface area contributed by atoms with Gasteiger partial charge in [-0.15, -0.1) is 0 Å². The summed E-state index contributed by atoms with van der Waals surface area (Å²) in [5.41, 5.74) is 29.2. The zero-order valence-electron chi connectivity index (χ0n) is 13.6. The molecule has 0 aliphatic heterocycles. The first-order valence-corrected chi connectivity index (χ1v) is 7.55. The van der Waals surface area contributed by atoms with Gasteiger partial charge in [0.2, 0.25) is 0 Å².